The minimum Gasteiger partial charge on any atom is -0.478 e. The number of pyridine rings is 1. The fraction of sp³-hybridized carbons (Fsp3) is 0.0769. The van der Waals surface area contributed by atoms with Gasteiger partial charge in [-0.2, -0.15) is 0 Å². The van der Waals surface area contributed by atoms with Crippen molar-refractivity contribution in [2.45, 2.75) is 11.4 Å². The van der Waals surface area contributed by atoms with Crippen LogP contribution in [-0.4, -0.2) is 24.5 Å². The van der Waals surface area contributed by atoms with Gasteiger partial charge in [-0.15, -0.1) is 0 Å². The maximum atomic E-state index is 13.8. The zero-order chi connectivity index (χ0) is 16.3. The molecule has 0 bridgehead atoms. The van der Waals surface area contributed by atoms with E-state index in [1.165, 1.54) is 18.3 Å². The van der Waals surface area contributed by atoms with Gasteiger partial charge < -0.3 is 5.11 Å². The molecule has 2 N–H and O–H groups in total. The fourth-order valence-corrected chi connectivity index (χ4v) is 2.88. The molecule has 2 aromatic rings. The van der Waals surface area contributed by atoms with Crippen LogP contribution in [0.4, 0.5) is 4.39 Å². The summed E-state index contributed by atoms with van der Waals surface area (Å²) in [5.41, 5.74) is 0.0200. The van der Waals surface area contributed by atoms with Gasteiger partial charge in [0, 0.05) is 11.2 Å². The molecular weight excluding hydrogens is 335 g/mol. The topological polar surface area (TPSA) is 96.4 Å². The van der Waals surface area contributed by atoms with Gasteiger partial charge in [0.25, 0.3) is 0 Å². The van der Waals surface area contributed by atoms with E-state index in [2.05, 4.69) is 9.71 Å². The van der Waals surface area contributed by atoms with E-state index in [-0.39, 0.29) is 12.1 Å². The highest BCUT2D eigenvalue weighted by atomic mass is 35.5. The first-order valence-electron chi connectivity index (χ1n) is 5.92. The number of aromatic carboxylic acids is 1. The Morgan fingerprint density at radius 1 is 1.32 bits per heavy atom. The third-order valence-corrected chi connectivity index (χ3v) is 4.36. The minimum absolute atomic E-state index is 0.178. The van der Waals surface area contributed by atoms with Gasteiger partial charge in [0.15, 0.2) is 0 Å². The van der Waals surface area contributed by atoms with Crippen molar-refractivity contribution in [2.75, 3.05) is 0 Å². The van der Waals surface area contributed by atoms with Crippen LogP contribution in [0.5, 0.6) is 0 Å². The largest absolute Gasteiger partial charge is 0.478 e. The number of sulfonamides is 1. The van der Waals surface area contributed by atoms with Gasteiger partial charge in [-0.25, -0.2) is 22.3 Å². The minimum atomic E-state index is -4.15. The Morgan fingerprint density at radius 2 is 2.05 bits per heavy atom. The lowest BCUT2D eigenvalue weighted by Crippen LogP contribution is -2.24. The maximum absolute atomic E-state index is 13.8. The number of aromatic nitrogens is 1. The molecule has 6 nitrogen and oxygen atoms in total. The molecule has 1 heterocycles. The summed E-state index contributed by atoms with van der Waals surface area (Å²) in [7, 11) is -4.15. The quantitative estimate of drug-likeness (QED) is 0.865. The molecule has 116 valence electrons. The lowest BCUT2D eigenvalue weighted by molar-refractivity contribution is 0.0696. The summed E-state index contributed by atoms with van der Waals surface area (Å²) >= 11 is 5.75. The molecule has 0 aliphatic heterocycles. The molecule has 0 amide bonds. The number of hydrogen-bond acceptors (Lipinski definition) is 4. The molecule has 9 heteroatoms. The highest BCUT2D eigenvalue weighted by Gasteiger charge is 2.20. The number of rotatable bonds is 5. The van der Waals surface area contributed by atoms with Crippen LogP contribution in [0.15, 0.2) is 41.4 Å². The zero-order valence-corrected chi connectivity index (χ0v) is 12.5. The van der Waals surface area contributed by atoms with Gasteiger partial charge in [0.2, 0.25) is 10.0 Å². The summed E-state index contributed by atoms with van der Waals surface area (Å²) in [6, 6.07) is 5.55. The average molecular weight is 345 g/mol. The van der Waals surface area contributed by atoms with Gasteiger partial charge in [-0.05, 0) is 30.3 Å². The highest BCUT2D eigenvalue weighted by molar-refractivity contribution is 7.89. The number of benzene rings is 1. The molecule has 0 saturated heterocycles. The lowest BCUT2D eigenvalue weighted by atomic mass is 10.2. The van der Waals surface area contributed by atoms with Crippen LogP contribution in [0, 0.1) is 5.82 Å². The Hall–Kier alpha value is -2.03. The normalized spacial score (nSPS) is 11.4. The van der Waals surface area contributed by atoms with Crippen LogP contribution in [0.3, 0.4) is 0 Å². The highest BCUT2D eigenvalue weighted by Crippen LogP contribution is 2.17. The Balaban J connectivity index is 2.22. The molecule has 0 aliphatic carbocycles. The van der Waals surface area contributed by atoms with Crippen molar-refractivity contribution in [2.24, 2.45) is 0 Å². The molecule has 0 spiro atoms. The summed E-state index contributed by atoms with van der Waals surface area (Å²) in [5, 5.41) is 9.12. The Bertz CT molecular complexity index is 827. The van der Waals surface area contributed by atoms with Crippen molar-refractivity contribution in [1.29, 1.82) is 0 Å². The second-order valence-corrected chi connectivity index (χ2v) is 6.41. The van der Waals surface area contributed by atoms with Crippen molar-refractivity contribution in [3.05, 3.63) is 58.6 Å². The monoisotopic (exact) mass is 344 g/mol. The molecule has 0 saturated carbocycles. The second-order valence-electron chi connectivity index (χ2n) is 4.24. The number of halogens is 2. The van der Waals surface area contributed by atoms with Crippen LogP contribution in [0.2, 0.25) is 5.02 Å². The first kappa shape index (κ1) is 16.3. The van der Waals surface area contributed by atoms with Gasteiger partial charge in [0.05, 0.1) is 17.8 Å². The maximum Gasteiger partial charge on any atom is 0.335 e. The van der Waals surface area contributed by atoms with E-state index < -0.39 is 26.7 Å². The predicted octanol–water partition coefficient (Wildman–Crippen LogP) is 2.05. The molecule has 0 fully saturated rings. The average Bonchev–Trinajstić information content (AvgIpc) is 2.45. The van der Waals surface area contributed by atoms with Crippen molar-refractivity contribution < 1.29 is 22.7 Å². The third kappa shape index (κ3) is 3.79. The Morgan fingerprint density at radius 3 is 2.64 bits per heavy atom. The van der Waals surface area contributed by atoms with Crippen LogP contribution in [-0.2, 0) is 16.6 Å². The standard InChI is InChI=1S/C13H10ClFN2O4S/c14-9-3-4-16-10(6-9)7-17-22(20,21)12-2-1-8(13(18)19)5-11(12)15/h1-6,17H,7H2,(H,18,19). The van der Waals surface area contributed by atoms with E-state index >= 15 is 0 Å². The molecule has 0 unspecified atom stereocenters. The van der Waals surface area contributed by atoms with Crippen LogP contribution < -0.4 is 4.72 Å². The van der Waals surface area contributed by atoms with Crippen molar-refractivity contribution in [3.63, 3.8) is 0 Å². The SMILES string of the molecule is O=C(O)c1ccc(S(=O)(=O)NCc2cc(Cl)ccn2)c(F)c1. The van der Waals surface area contributed by atoms with E-state index in [4.69, 9.17) is 16.7 Å². The van der Waals surface area contributed by atoms with Crippen molar-refractivity contribution >= 4 is 27.6 Å². The molecule has 1 aromatic carbocycles. The van der Waals surface area contributed by atoms with E-state index in [9.17, 15) is 17.6 Å². The summed E-state index contributed by atoms with van der Waals surface area (Å²) in [6.07, 6.45) is 1.41. The first-order chi connectivity index (χ1) is 10.3. The molecule has 0 atom stereocenters. The summed E-state index contributed by atoms with van der Waals surface area (Å²) in [6.45, 7) is -0.178. The number of carboxylic acid groups (broad SMARTS) is 1. The Labute approximate surface area is 130 Å². The number of carbonyl (C=O) groups is 1. The second kappa shape index (κ2) is 6.39. The number of hydrogen-bond donors (Lipinski definition) is 2. The van der Waals surface area contributed by atoms with Crippen molar-refractivity contribution in [1.82, 2.24) is 9.71 Å². The summed E-state index contributed by atoms with van der Waals surface area (Å²) in [4.78, 5) is 14.0. The summed E-state index contributed by atoms with van der Waals surface area (Å²) < 4.78 is 40.0. The van der Waals surface area contributed by atoms with Crippen molar-refractivity contribution in [3.8, 4) is 0 Å². The molecule has 1 aromatic heterocycles. The van der Waals surface area contributed by atoms with E-state index in [1.807, 2.05) is 0 Å². The molecule has 0 aliphatic rings. The van der Waals surface area contributed by atoms with Crippen LogP contribution in [0.25, 0.3) is 0 Å². The number of nitrogens with one attached hydrogen (secondary N) is 1. The lowest BCUT2D eigenvalue weighted by Gasteiger charge is -2.08. The van der Waals surface area contributed by atoms with Gasteiger partial charge in [0.1, 0.15) is 10.7 Å². The molecule has 2 rings (SSSR count). The van der Waals surface area contributed by atoms with Gasteiger partial charge in [-0.1, -0.05) is 11.6 Å². The summed E-state index contributed by atoms with van der Waals surface area (Å²) in [5.74, 6) is -2.50. The molecular formula is C13H10ClFN2O4S. The van der Waals surface area contributed by atoms with Crippen LogP contribution in [0.1, 0.15) is 16.1 Å². The predicted molar refractivity (Wildman–Crippen MR) is 76.6 cm³/mol. The van der Waals surface area contributed by atoms with Gasteiger partial charge >= 0.3 is 5.97 Å². The number of carboxylic acids is 1. The zero-order valence-electron chi connectivity index (χ0n) is 11.0. The van der Waals surface area contributed by atoms with Crippen LogP contribution >= 0.6 is 11.6 Å². The molecule has 0 radical (unpaired) electrons. The van der Waals surface area contributed by atoms with E-state index in [0.29, 0.717) is 16.8 Å². The fourth-order valence-electron chi connectivity index (χ4n) is 1.64. The molecule has 22 heavy (non-hydrogen) atoms. The van der Waals surface area contributed by atoms with Gasteiger partial charge in [-0.3, -0.25) is 4.98 Å². The smallest absolute Gasteiger partial charge is 0.335 e. The Kier molecular flexibility index (Phi) is 4.74. The van der Waals surface area contributed by atoms with E-state index in [1.54, 1.807) is 0 Å². The third-order valence-electron chi connectivity index (χ3n) is 2.69. The first-order valence-corrected chi connectivity index (χ1v) is 7.78. The van der Waals surface area contributed by atoms with E-state index in [0.717, 1.165) is 12.1 Å². The number of nitrogens with zero attached hydrogens (tertiary/aromatic N) is 1.